The van der Waals surface area contributed by atoms with Crippen LogP contribution in [0.2, 0.25) is 0 Å². The third-order valence-corrected chi connectivity index (χ3v) is 6.58. The maximum absolute atomic E-state index is 12.7. The first kappa shape index (κ1) is 18.0. The lowest BCUT2D eigenvalue weighted by Gasteiger charge is -2.52. The molecule has 4 rings (SSSR count). The summed E-state index contributed by atoms with van der Waals surface area (Å²) in [7, 11) is 0. The van der Waals surface area contributed by atoms with Gasteiger partial charge in [0, 0.05) is 5.41 Å². The van der Waals surface area contributed by atoms with Gasteiger partial charge >= 0.3 is 0 Å². The predicted octanol–water partition coefficient (Wildman–Crippen LogP) is 4.71. The molecule has 0 spiro atoms. The molecule has 3 nitrogen and oxygen atoms in total. The number of hydrogen-bond donors (Lipinski definition) is 1. The van der Waals surface area contributed by atoms with Gasteiger partial charge in [0.15, 0.2) is 0 Å². The number of hydrogen-bond acceptors (Lipinski definition) is 2. The molecule has 0 heterocycles. The molecule has 136 valence electrons. The minimum absolute atomic E-state index is 0.117. The van der Waals surface area contributed by atoms with Crippen molar-refractivity contribution in [2.24, 2.45) is 11.1 Å². The number of primary amides is 1. The molecule has 25 heavy (non-hydrogen) atoms. The van der Waals surface area contributed by atoms with Crippen LogP contribution in [-0.2, 0) is 10.2 Å². The van der Waals surface area contributed by atoms with Crippen LogP contribution in [0.15, 0.2) is 30.1 Å². The summed E-state index contributed by atoms with van der Waals surface area (Å²) in [6, 6.07) is 6.37. The Hall–Kier alpha value is -1.84. The monoisotopic (exact) mass is 345 g/mol. The second-order valence-corrected chi connectivity index (χ2v) is 7.81. The van der Waals surface area contributed by atoms with Crippen molar-refractivity contribution in [2.45, 2.75) is 64.2 Å². The standard InChI is InChI=1S/C21H28FNO2/c1-3-16(13-22)14-25-18-5-4-17(12-15(18)2)20-6-9-21(10-7-20,11-8-20)19(23)24/h4-5,12-13H,3,6-11,14H2,1-2H3,(H2,23,24)/b16-13+. The van der Waals surface area contributed by atoms with Crippen LogP contribution in [0.1, 0.15) is 63.0 Å². The first-order valence-electron chi connectivity index (χ1n) is 9.27. The minimum Gasteiger partial charge on any atom is -0.489 e. The van der Waals surface area contributed by atoms with Gasteiger partial charge in [-0.05, 0) is 80.1 Å². The molecule has 0 atom stereocenters. The average Bonchev–Trinajstić information content (AvgIpc) is 2.65. The third-order valence-electron chi connectivity index (χ3n) is 6.58. The van der Waals surface area contributed by atoms with Crippen LogP contribution in [0.25, 0.3) is 0 Å². The van der Waals surface area contributed by atoms with E-state index in [2.05, 4.69) is 12.1 Å². The van der Waals surface area contributed by atoms with Crippen molar-refractivity contribution in [3.63, 3.8) is 0 Å². The van der Waals surface area contributed by atoms with E-state index in [0.717, 1.165) is 49.8 Å². The number of carbonyl (C=O) groups is 1. The smallest absolute Gasteiger partial charge is 0.223 e. The van der Waals surface area contributed by atoms with Crippen molar-refractivity contribution in [1.29, 1.82) is 0 Å². The Morgan fingerprint density at radius 1 is 1.24 bits per heavy atom. The van der Waals surface area contributed by atoms with Gasteiger partial charge in [0.25, 0.3) is 0 Å². The Balaban J connectivity index is 1.75. The summed E-state index contributed by atoms with van der Waals surface area (Å²) in [6.07, 6.45) is 7.08. The number of ether oxygens (including phenoxy) is 1. The molecule has 1 aromatic carbocycles. The second kappa shape index (κ2) is 6.81. The van der Waals surface area contributed by atoms with Crippen molar-refractivity contribution >= 4 is 5.91 Å². The van der Waals surface area contributed by atoms with E-state index in [1.807, 2.05) is 19.9 Å². The molecule has 0 unspecified atom stereocenters. The fraction of sp³-hybridized carbons (Fsp3) is 0.571. The number of carbonyl (C=O) groups excluding carboxylic acids is 1. The molecule has 0 aliphatic heterocycles. The molecule has 2 N–H and O–H groups in total. The maximum Gasteiger partial charge on any atom is 0.223 e. The zero-order valence-electron chi connectivity index (χ0n) is 15.2. The highest BCUT2D eigenvalue weighted by Crippen LogP contribution is 2.57. The zero-order chi connectivity index (χ0) is 18.1. The molecule has 1 aromatic rings. The van der Waals surface area contributed by atoms with Crippen molar-refractivity contribution < 1.29 is 13.9 Å². The summed E-state index contributed by atoms with van der Waals surface area (Å²) in [5.74, 6) is 0.694. The van der Waals surface area contributed by atoms with Crippen LogP contribution >= 0.6 is 0 Å². The highest BCUT2D eigenvalue weighted by molar-refractivity contribution is 5.81. The van der Waals surface area contributed by atoms with Gasteiger partial charge in [-0.25, -0.2) is 4.39 Å². The van der Waals surface area contributed by atoms with E-state index >= 15 is 0 Å². The lowest BCUT2D eigenvalue weighted by molar-refractivity contribution is -0.134. The fourth-order valence-electron chi connectivity index (χ4n) is 4.51. The van der Waals surface area contributed by atoms with Gasteiger partial charge in [0.2, 0.25) is 5.91 Å². The summed E-state index contributed by atoms with van der Waals surface area (Å²) >= 11 is 0. The predicted molar refractivity (Wildman–Crippen MR) is 97.2 cm³/mol. The average molecular weight is 345 g/mol. The quantitative estimate of drug-likeness (QED) is 0.811. The van der Waals surface area contributed by atoms with Gasteiger partial charge in [-0.2, -0.15) is 0 Å². The summed E-state index contributed by atoms with van der Waals surface area (Å²) in [5.41, 5.74) is 8.66. The molecule has 3 aliphatic carbocycles. The molecule has 3 aliphatic rings. The highest BCUT2D eigenvalue weighted by atomic mass is 19.1. The number of aryl methyl sites for hydroxylation is 1. The molecule has 2 bridgehead atoms. The summed E-state index contributed by atoms with van der Waals surface area (Å²) < 4.78 is 18.5. The van der Waals surface area contributed by atoms with E-state index < -0.39 is 0 Å². The topological polar surface area (TPSA) is 52.3 Å². The van der Waals surface area contributed by atoms with E-state index in [9.17, 15) is 9.18 Å². The third kappa shape index (κ3) is 3.19. The van der Waals surface area contributed by atoms with E-state index in [0.29, 0.717) is 24.9 Å². The molecular formula is C21H28FNO2. The van der Waals surface area contributed by atoms with E-state index in [-0.39, 0.29) is 16.7 Å². The van der Waals surface area contributed by atoms with Gasteiger partial charge in [0.1, 0.15) is 12.4 Å². The normalized spacial score (nSPS) is 28.8. The molecule has 3 fully saturated rings. The van der Waals surface area contributed by atoms with E-state index in [4.69, 9.17) is 10.5 Å². The number of amides is 1. The van der Waals surface area contributed by atoms with Gasteiger partial charge in [-0.15, -0.1) is 0 Å². The lowest BCUT2D eigenvalue weighted by atomic mass is 9.51. The van der Waals surface area contributed by atoms with Crippen LogP contribution in [0, 0.1) is 12.3 Å². The molecule has 4 heteroatoms. The number of benzene rings is 1. The van der Waals surface area contributed by atoms with Crippen LogP contribution in [0.4, 0.5) is 4.39 Å². The van der Waals surface area contributed by atoms with Crippen molar-refractivity contribution in [2.75, 3.05) is 6.61 Å². The SMILES string of the molecule is CC/C(=C\F)COc1ccc(C23CCC(C(N)=O)(CC2)CC3)cc1C. The highest BCUT2D eigenvalue weighted by Gasteiger charge is 2.52. The van der Waals surface area contributed by atoms with Crippen LogP contribution in [0.5, 0.6) is 5.75 Å². The Labute approximate surface area is 149 Å². The molecular weight excluding hydrogens is 317 g/mol. The molecule has 1 amide bonds. The largest absolute Gasteiger partial charge is 0.489 e. The van der Waals surface area contributed by atoms with E-state index in [1.165, 1.54) is 5.56 Å². The van der Waals surface area contributed by atoms with Gasteiger partial charge in [-0.3, -0.25) is 4.79 Å². The van der Waals surface area contributed by atoms with Crippen LogP contribution in [0.3, 0.4) is 0 Å². The van der Waals surface area contributed by atoms with Crippen LogP contribution < -0.4 is 10.5 Å². The lowest BCUT2D eigenvalue weighted by Crippen LogP contribution is -2.50. The molecule has 0 aromatic heterocycles. The van der Waals surface area contributed by atoms with Gasteiger partial charge in [-0.1, -0.05) is 19.1 Å². The van der Waals surface area contributed by atoms with Crippen molar-refractivity contribution in [3.8, 4) is 5.75 Å². The summed E-state index contributed by atoms with van der Waals surface area (Å²) in [5, 5.41) is 0. The minimum atomic E-state index is -0.255. The molecule has 0 saturated heterocycles. The molecule has 0 radical (unpaired) electrons. The van der Waals surface area contributed by atoms with Crippen molar-refractivity contribution in [3.05, 3.63) is 41.2 Å². The van der Waals surface area contributed by atoms with Gasteiger partial charge in [0.05, 0.1) is 6.33 Å². The van der Waals surface area contributed by atoms with Crippen LogP contribution in [-0.4, -0.2) is 12.5 Å². The Kier molecular flexibility index (Phi) is 4.90. The summed E-state index contributed by atoms with van der Waals surface area (Å²) in [4.78, 5) is 11.8. The van der Waals surface area contributed by atoms with E-state index in [1.54, 1.807) is 0 Å². The second-order valence-electron chi connectivity index (χ2n) is 7.81. The number of rotatable bonds is 6. The Morgan fingerprint density at radius 3 is 2.36 bits per heavy atom. The number of fused-ring (bicyclic) bond motifs is 3. The first-order chi connectivity index (χ1) is 11.9. The van der Waals surface area contributed by atoms with Gasteiger partial charge < -0.3 is 10.5 Å². The fourth-order valence-corrected chi connectivity index (χ4v) is 4.51. The summed E-state index contributed by atoms with van der Waals surface area (Å²) in [6.45, 7) is 4.25. The zero-order valence-corrected chi connectivity index (χ0v) is 15.2. The number of halogens is 1. The number of nitrogens with two attached hydrogens (primary N) is 1. The maximum atomic E-state index is 12.7. The Morgan fingerprint density at radius 2 is 1.88 bits per heavy atom. The van der Waals surface area contributed by atoms with Crippen molar-refractivity contribution in [1.82, 2.24) is 0 Å². The molecule has 3 saturated carbocycles. The first-order valence-corrected chi connectivity index (χ1v) is 9.27. The Bertz CT molecular complexity index is 671.